The topological polar surface area (TPSA) is 57.5 Å². The fourth-order valence-corrected chi connectivity index (χ4v) is 1.02. The van der Waals surface area contributed by atoms with E-state index in [1.54, 1.807) is 0 Å². The summed E-state index contributed by atoms with van der Waals surface area (Å²) in [5.74, 6) is -0.426. The van der Waals surface area contributed by atoms with Crippen LogP contribution in [0.15, 0.2) is 24.8 Å². The number of aliphatic hydroxyl groups excluding tert-OH is 1. The summed E-state index contributed by atoms with van der Waals surface area (Å²) < 4.78 is 0. The van der Waals surface area contributed by atoms with Crippen molar-refractivity contribution in [3.8, 4) is 0 Å². The molecule has 0 bridgehead atoms. The minimum atomic E-state index is -0.981. The summed E-state index contributed by atoms with van der Waals surface area (Å²) >= 11 is 0. The molecular formula is C10H16O3. The standard InChI is InChI=1S/C7H12O.C3H4O2/c8-6-7-4-2-1-3-5-7;1-2-3(4)5/h1-2,7-8H,3-6H2;2H,1H2,(H,4,5). The lowest BCUT2D eigenvalue weighted by Crippen LogP contribution is -2.06. The Balaban J connectivity index is 0.000000252. The van der Waals surface area contributed by atoms with Gasteiger partial charge in [-0.25, -0.2) is 4.79 Å². The molecule has 0 aromatic carbocycles. The molecule has 0 aromatic heterocycles. The molecule has 0 heterocycles. The molecule has 1 aliphatic carbocycles. The fraction of sp³-hybridized carbons (Fsp3) is 0.500. The van der Waals surface area contributed by atoms with Gasteiger partial charge in [0.15, 0.2) is 0 Å². The van der Waals surface area contributed by atoms with Crippen LogP contribution < -0.4 is 0 Å². The van der Waals surface area contributed by atoms with E-state index in [1.807, 2.05) is 0 Å². The first-order valence-corrected chi connectivity index (χ1v) is 4.32. The Labute approximate surface area is 78.4 Å². The zero-order chi connectivity index (χ0) is 10.1. The molecule has 0 spiro atoms. The third-order valence-corrected chi connectivity index (χ3v) is 1.81. The summed E-state index contributed by atoms with van der Waals surface area (Å²) in [6.45, 7) is 3.33. The lowest BCUT2D eigenvalue weighted by atomic mass is 9.96. The Morgan fingerprint density at radius 1 is 1.62 bits per heavy atom. The normalized spacial score (nSPS) is 19.9. The molecule has 1 atom stereocenters. The average molecular weight is 184 g/mol. The van der Waals surface area contributed by atoms with Gasteiger partial charge in [-0.1, -0.05) is 18.7 Å². The second-order valence-electron chi connectivity index (χ2n) is 2.88. The van der Waals surface area contributed by atoms with Crippen molar-refractivity contribution in [3.63, 3.8) is 0 Å². The third-order valence-electron chi connectivity index (χ3n) is 1.81. The molecule has 0 saturated carbocycles. The monoisotopic (exact) mass is 184 g/mol. The Hall–Kier alpha value is -1.09. The van der Waals surface area contributed by atoms with Crippen LogP contribution in [0.25, 0.3) is 0 Å². The molecule has 1 aliphatic rings. The number of aliphatic hydroxyl groups is 1. The van der Waals surface area contributed by atoms with Gasteiger partial charge in [0.2, 0.25) is 0 Å². The van der Waals surface area contributed by atoms with Crippen LogP contribution in [0.1, 0.15) is 19.3 Å². The van der Waals surface area contributed by atoms with E-state index in [1.165, 1.54) is 6.42 Å². The number of hydrogen-bond acceptors (Lipinski definition) is 2. The van der Waals surface area contributed by atoms with Gasteiger partial charge in [-0.3, -0.25) is 0 Å². The lowest BCUT2D eigenvalue weighted by Gasteiger charge is -2.13. The van der Waals surface area contributed by atoms with Gasteiger partial charge in [0.25, 0.3) is 0 Å². The second kappa shape index (κ2) is 7.55. The molecule has 0 fully saturated rings. The number of allylic oxidation sites excluding steroid dienone is 2. The number of aliphatic carboxylic acids is 1. The van der Waals surface area contributed by atoms with Crippen LogP contribution in [0.2, 0.25) is 0 Å². The molecule has 3 nitrogen and oxygen atoms in total. The van der Waals surface area contributed by atoms with Crippen LogP contribution in [0.4, 0.5) is 0 Å². The molecule has 0 radical (unpaired) electrons. The number of rotatable bonds is 2. The van der Waals surface area contributed by atoms with Crippen LogP contribution in [-0.4, -0.2) is 22.8 Å². The van der Waals surface area contributed by atoms with E-state index < -0.39 is 5.97 Å². The van der Waals surface area contributed by atoms with Crippen molar-refractivity contribution in [1.82, 2.24) is 0 Å². The Bertz CT molecular complexity index is 185. The van der Waals surface area contributed by atoms with Crippen molar-refractivity contribution < 1.29 is 15.0 Å². The predicted molar refractivity (Wildman–Crippen MR) is 51.4 cm³/mol. The van der Waals surface area contributed by atoms with Crippen LogP contribution in [0, 0.1) is 5.92 Å². The number of carbonyl (C=O) groups is 1. The van der Waals surface area contributed by atoms with Crippen molar-refractivity contribution in [1.29, 1.82) is 0 Å². The molecule has 2 N–H and O–H groups in total. The Morgan fingerprint density at radius 2 is 2.23 bits per heavy atom. The highest BCUT2D eigenvalue weighted by Gasteiger charge is 2.06. The fourth-order valence-electron chi connectivity index (χ4n) is 1.02. The van der Waals surface area contributed by atoms with E-state index >= 15 is 0 Å². The van der Waals surface area contributed by atoms with Crippen molar-refractivity contribution in [2.45, 2.75) is 19.3 Å². The van der Waals surface area contributed by atoms with Crippen molar-refractivity contribution >= 4 is 5.97 Å². The SMILES string of the molecule is C=CC(=O)O.OCC1CC=CCC1. The molecule has 13 heavy (non-hydrogen) atoms. The summed E-state index contributed by atoms with van der Waals surface area (Å²) in [7, 11) is 0. The van der Waals surface area contributed by atoms with Crippen LogP contribution >= 0.6 is 0 Å². The maximum Gasteiger partial charge on any atom is 0.327 e. The van der Waals surface area contributed by atoms with Gasteiger partial charge in [0, 0.05) is 12.7 Å². The van der Waals surface area contributed by atoms with Crippen molar-refractivity contribution in [3.05, 3.63) is 24.8 Å². The van der Waals surface area contributed by atoms with E-state index in [-0.39, 0.29) is 0 Å². The minimum Gasteiger partial charge on any atom is -0.478 e. The molecule has 3 heteroatoms. The van der Waals surface area contributed by atoms with Gasteiger partial charge in [-0.15, -0.1) is 0 Å². The van der Waals surface area contributed by atoms with E-state index in [4.69, 9.17) is 10.2 Å². The summed E-state index contributed by atoms with van der Waals surface area (Å²) in [5, 5.41) is 16.3. The molecule has 0 amide bonds. The first-order valence-electron chi connectivity index (χ1n) is 4.32. The molecule has 0 aliphatic heterocycles. The van der Waals surface area contributed by atoms with Gasteiger partial charge in [0.1, 0.15) is 0 Å². The quantitative estimate of drug-likeness (QED) is 0.506. The number of carboxylic acids is 1. The van der Waals surface area contributed by atoms with Gasteiger partial charge in [-0.2, -0.15) is 0 Å². The molecular weight excluding hydrogens is 168 g/mol. The molecule has 1 unspecified atom stereocenters. The van der Waals surface area contributed by atoms with Crippen LogP contribution in [0.5, 0.6) is 0 Å². The molecule has 1 rings (SSSR count). The van der Waals surface area contributed by atoms with Crippen LogP contribution in [0.3, 0.4) is 0 Å². The van der Waals surface area contributed by atoms with Gasteiger partial charge < -0.3 is 10.2 Å². The highest BCUT2D eigenvalue weighted by atomic mass is 16.4. The van der Waals surface area contributed by atoms with Gasteiger partial charge in [0.05, 0.1) is 0 Å². The van der Waals surface area contributed by atoms with Crippen molar-refractivity contribution in [2.24, 2.45) is 5.92 Å². The summed E-state index contributed by atoms with van der Waals surface area (Å²) in [5.41, 5.74) is 0. The first-order chi connectivity index (χ1) is 6.20. The summed E-state index contributed by atoms with van der Waals surface area (Å²) in [6.07, 6.45) is 8.59. The van der Waals surface area contributed by atoms with Gasteiger partial charge >= 0.3 is 5.97 Å². The summed E-state index contributed by atoms with van der Waals surface area (Å²) in [6, 6.07) is 0. The maximum atomic E-state index is 9.25. The zero-order valence-corrected chi connectivity index (χ0v) is 7.65. The van der Waals surface area contributed by atoms with E-state index in [0.29, 0.717) is 12.5 Å². The van der Waals surface area contributed by atoms with E-state index in [2.05, 4.69) is 18.7 Å². The highest BCUT2D eigenvalue weighted by Crippen LogP contribution is 2.16. The van der Waals surface area contributed by atoms with Gasteiger partial charge in [-0.05, 0) is 25.2 Å². The maximum absolute atomic E-state index is 9.25. The Morgan fingerprint density at radius 3 is 2.46 bits per heavy atom. The van der Waals surface area contributed by atoms with Crippen LogP contribution in [-0.2, 0) is 4.79 Å². The zero-order valence-electron chi connectivity index (χ0n) is 7.65. The first kappa shape index (κ1) is 11.9. The minimum absolute atomic E-state index is 0.365. The van der Waals surface area contributed by atoms with E-state index in [9.17, 15) is 4.79 Å². The third kappa shape index (κ3) is 7.28. The van der Waals surface area contributed by atoms with E-state index in [0.717, 1.165) is 18.9 Å². The highest BCUT2D eigenvalue weighted by molar-refractivity contribution is 5.78. The summed E-state index contributed by atoms with van der Waals surface area (Å²) in [4.78, 5) is 9.25. The molecule has 74 valence electrons. The number of carboxylic acid groups (broad SMARTS) is 1. The Kier molecular flexibility index (Phi) is 6.92. The average Bonchev–Trinajstić information content (AvgIpc) is 2.20. The second-order valence-corrected chi connectivity index (χ2v) is 2.88. The molecule has 0 aromatic rings. The van der Waals surface area contributed by atoms with Crippen molar-refractivity contribution in [2.75, 3.05) is 6.61 Å². The molecule has 0 saturated heterocycles. The largest absolute Gasteiger partial charge is 0.478 e. The number of hydrogen-bond donors (Lipinski definition) is 2. The smallest absolute Gasteiger partial charge is 0.327 e. The lowest BCUT2D eigenvalue weighted by molar-refractivity contribution is -0.131. The predicted octanol–water partition coefficient (Wildman–Crippen LogP) is 1.59.